The number of hydrogen-bond donors (Lipinski definition) is 1. The molecule has 1 saturated carbocycles. The van der Waals surface area contributed by atoms with E-state index in [9.17, 15) is 4.39 Å². The smallest absolute Gasteiger partial charge is 0.127 e. The second-order valence-electron chi connectivity index (χ2n) is 5.91. The average Bonchev–Trinajstić information content (AvgIpc) is 2.43. The molecule has 1 aromatic carbocycles. The quantitative estimate of drug-likeness (QED) is 0.812. The molecule has 1 aromatic rings. The second kappa shape index (κ2) is 7.04. The van der Waals surface area contributed by atoms with Crippen molar-refractivity contribution in [1.29, 1.82) is 0 Å². The van der Waals surface area contributed by atoms with Gasteiger partial charge in [-0.15, -0.1) is 0 Å². The molecule has 106 valence electrons. The lowest BCUT2D eigenvalue weighted by Crippen LogP contribution is -2.32. The average molecular weight is 263 g/mol. The Morgan fingerprint density at radius 1 is 1.26 bits per heavy atom. The minimum Gasteiger partial charge on any atom is -0.310 e. The fourth-order valence-electron chi connectivity index (χ4n) is 3.22. The topological polar surface area (TPSA) is 12.0 Å². The van der Waals surface area contributed by atoms with Gasteiger partial charge in [0.2, 0.25) is 0 Å². The third kappa shape index (κ3) is 3.79. The van der Waals surface area contributed by atoms with E-state index in [1.165, 1.54) is 25.7 Å². The molecule has 1 aliphatic rings. The van der Waals surface area contributed by atoms with E-state index in [0.717, 1.165) is 30.4 Å². The molecule has 0 heterocycles. The van der Waals surface area contributed by atoms with E-state index in [4.69, 9.17) is 0 Å². The summed E-state index contributed by atoms with van der Waals surface area (Å²) in [6, 6.07) is 7.29. The van der Waals surface area contributed by atoms with Crippen molar-refractivity contribution in [2.45, 2.75) is 52.0 Å². The number of nitrogens with one attached hydrogen (secondary N) is 1. The minimum absolute atomic E-state index is 0.0847. The summed E-state index contributed by atoms with van der Waals surface area (Å²) in [6.07, 6.45) is 6.34. The Kier molecular flexibility index (Phi) is 5.38. The molecule has 19 heavy (non-hydrogen) atoms. The van der Waals surface area contributed by atoms with Gasteiger partial charge in [-0.1, -0.05) is 51.3 Å². The Labute approximate surface area is 116 Å². The summed E-state index contributed by atoms with van der Waals surface area (Å²) in [7, 11) is 0. The van der Waals surface area contributed by atoms with Crippen LogP contribution in [0.15, 0.2) is 24.3 Å². The fourth-order valence-corrected chi connectivity index (χ4v) is 3.22. The third-order valence-electron chi connectivity index (χ3n) is 4.60. The first kappa shape index (κ1) is 14.5. The maximum atomic E-state index is 13.8. The van der Waals surface area contributed by atoms with E-state index in [-0.39, 0.29) is 11.9 Å². The van der Waals surface area contributed by atoms with Crippen LogP contribution in [0.5, 0.6) is 0 Å². The van der Waals surface area contributed by atoms with Crippen LogP contribution >= 0.6 is 0 Å². The molecule has 3 unspecified atom stereocenters. The lowest BCUT2D eigenvalue weighted by molar-refractivity contribution is 0.239. The number of benzene rings is 1. The fraction of sp³-hybridized carbons (Fsp3) is 0.647. The molecular formula is C17H26FN. The van der Waals surface area contributed by atoms with Gasteiger partial charge < -0.3 is 5.32 Å². The Morgan fingerprint density at radius 2 is 2.00 bits per heavy atom. The highest BCUT2D eigenvalue weighted by molar-refractivity contribution is 5.21. The summed E-state index contributed by atoms with van der Waals surface area (Å²) >= 11 is 0. The molecule has 1 aliphatic carbocycles. The molecule has 0 radical (unpaired) electrons. The Balaban J connectivity index is 1.94. The first-order chi connectivity index (χ1) is 9.22. The summed E-state index contributed by atoms with van der Waals surface area (Å²) in [5.41, 5.74) is 0.813. The van der Waals surface area contributed by atoms with Crippen molar-refractivity contribution < 1.29 is 4.39 Å². The molecule has 0 aliphatic heterocycles. The van der Waals surface area contributed by atoms with Crippen LogP contribution < -0.4 is 5.32 Å². The lowest BCUT2D eigenvalue weighted by atomic mass is 9.80. The highest BCUT2D eigenvalue weighted by Crippen LogP contribution is 2.30. The molecule has 1 N–H and O–H groups in total. The molecule has 2 heteroatoms. The van der Waals surface area contributed by atoms with Crippen LogP contribution in [0.2, 0.25) is 0 Å². The van der Waals surface area contributed by atoms with Crippen LogP contribution in [-0.2, 0) is 0 Å². The summed E-state index contributed by atoms with van der Waals surface area (Å²) in [6.45, 7) is 5.50. The van der Waals surface area contributed by atoms with Crippen LogP contribution in [0.1, 0.15) is 57.6 Å². The normalized spacial score (nSPS) is 25.2. The molecule has 1 nitrogen and oxygen atoms in total. The summed E-state index contributed by atoms with van der Waals surface area (Å²) in [5, 5.41) is 3.59. The number of hydrogen-bond acceptors (Lipinski definition) is 1. The molecule has 0 bridgehead atoms. The van der Waals surface area contributed by atoms with Crippen LogP contribution in [0, 0.1) is 17.7 Å². The Morgan fingerprint density at radius 3 is 2.68 bits per heavy atom. The Bertz CT molecular complexity index is 391. The van der Waals surface area contributed by atoms with Crippen molar-refractivity contribution in [3.05, 3.63) is 35.6 Å². The maximum absolute atomic E-state index is 13.8. The number of halogens is 1. The van der Waals surface area contributed by atoms with Gasteiger partial charge >= 0.3 is 0 Å². The number of rotatable bonds is 5. The van der Waals surface area contributed by atoms with Gasteiger partial charge in [0.05, 0.1) is 0 Å². The summed E-state index contributed by atoms with van der Waals surface area (Å²) in [4.78, 5) is 0. The van der Waals surface area contributed by atoms with Crippen LogP contribution in [0.4, 0.5) is 4.39 Å². The first-order valence-corrected chi connectivity index (χ1v) is 7.70. The van der Waals surface area contributed by atoms with E-state index < -0.39 is 0 Å². The zero-order valence-corrected chi connectivity index (χ0v) is 12.2. The lowest BCUT2D eigenvalue weighted by Gasteiger charge is -2.30. The van der Waals surface area contributed by atoms with Crippen LogP contribution in [-0.4, -0.2) is 6.54 Å². The van der Waals surface area contributed by atoms with Crippen molar-refractivity contribution in [1.82, 2.24) is 5.32 Å². The van der Waals surface area contributed by atoms with Crippen LogP contribution in [0.25, 0.3) is 0 Å². The van der Waals surface area contributed by atoms with Gasteiger partial charge in [0.1, 0.15) is 5.82 Å². The molecule has 0 aromatic heterocycles. The molecule has 0 saturated heterocycles. The highest BCUT2D eigenvalue weighted by Gasteiger charge is 2.22. The van der Waals surface area contributed by atoms with E-state index in [2.05, 4.69) is 19.2 Å². The third-order valence-corrected chi connectivity index (χ3v) is 4.60. The van der Waals surface area contributed by atoms with E-state index >= 15 is 0 Å². The monoisotopic (exact) mass is 263 g/mol. The minimum atomic E-state index is -0.0847. The standard InChI is InChI=1S/C17H26FN/c1-3-17(15-10-6-7-11-16(15)18)19-12-14-9-5-4-8-13(14)2/h6-7,10-11,13-14,17,19H,3-5,8-9,12H2,1-2H3. The van der Waals surface area contributed by atoms with Gasteiger partial charge in [0.25, 0.3) is 0 Å². The van der Waals surface area contributed by atoms with E-state index in [1.54, 1.807) is 12.1 Å². The molecule has 0 spiro atoms. The summed E-state index contributed by atoms with van der Waals surface area (Å²) < 4.78 is 13.8. The van der Waals surface area contributed by atoms with Crippen molar-refractivity contribution in [3.8, 4) is 0 Å². The van der Waals surface area contributed by atoms with Crippen molar-refractivity contribution in [2.24, 2.45) is 11.8 Å². The predicted molar refractivity (Wildman–Crippen MR) is 78.6 cm³/mol. The van der Waals surface area contributed by atoms with Gasteiger partial charge in [0.15, 0.2) is 0 Å². The van der Waals surface area contributed by atoms with Gasteiger partial charge in [-0.05, 0) is 37.3 Å². The zero-order valence-electron chi connectivity index (χ0n) is 12.2. The van der Waals surface area contributed by atoms with Gasteiger partial charge in [0, 0.05) is 11.6 Å². The molecule has 0 amide bonds. The first-order valence-electron chi connectivity index (χ1n) is 7.70. The molecule has 1 fully saturated rings. The molecule has 3 atom stereocenters. The van der Waals surface area contributed by atoms with Crippen molar-refractivity contribution >= 4 is 0 Å². The highest BCUT2D eigenvalue weighted by atomic mass is 19.1. The molecule has 2 rings (SSSR count). The van der Waals surface area contributed by atoms with Gasteiger partial charge in [-0.2, -0.15) is 0 Å². The zero-order chi connectivity index (χ0) is 13.7. The summed E-state index contributed by atoms with van der Waals surface area (Å²) in [5.74, 6) is 1.48. The van der Waals surface area contributed by atoms with Gasteiger partial charge in [-0.3, -0.25) is 0 Å². The van der Waals surface area contributed by atoms with Crippen LogP contribution in [0.3, 0.4) is 0 Å². The predicted octanol–water partition coefficient (Wildman–Crippen LogP) is 4.69. The SMILES string of the molecule is CCC(NCC1CCCCC1C)c1ccccc1F. The molecular weight excluding hydrogens is 237 g/mol. The Hall–Kier alpha value is -0.890. The second-order valence-corrected chi connectivity index (χ2v) is 5.91. The van der Waals surface area contributed by atoms with E-state index in [1.807, 2.05) is 12.1 Å². The maximum Gasteiger partial charge on any atom is 0.127 e. The van der Waals surface area contributed by atoms with Gasteiger partial charge in [-0.25, -0.2) is 4.39 Å². The van der Waals surface area contributed by atoms with E-state index in [0.29, 0.717) is 0 Å². The van der Waals surface area contributed by atoms with Crippen molar-refractivity contribution in [3.63, 3.8) is 0 Å². The largest absolute Gasteiger partial charge is 0.310 e. The van der Waals surface area contributed by atoms with Crippen molar-refractivity contribution in [2.75, 3.05) is 6.54 Å².